The first-order valence-corrected chi connectivity index (χ1v) is 5.22. The largest absolute Gasteiger partial charge is 0.347 e. The average molecular weight is 223 g/mol. The highest BCUT2D eigenvalue weighted by atomic mass is 32.1. The van der Waals surface area contributed by atoms with Crippen LogP contribution in [0.3, 0.4) is 0 Å². The van der Waals surface area contributed by atoms with Gasteiger partial charge in [-0.15, -0.1) is 11.3 Å². The maximum absolute atomic E-state index is 11.4. The second-order valence-electron chi connectivity index (χ2n) is 2.94. The van der Waals surface area contributed by atoms with Crippen molar-refractivity contribution in [2.24, 2.45) is 0 Å². The highest BCUT2D eigenvalue weighted by Gasteiger charge is 2.12. The molecule has 0 unspecified atom stereocenters. The molecule has 0 saturated heterocycles. The summed E-state index contributed by atoms with van der Waals surface area (Å²) in [6.45, 7) is 0.372. The van der Waals surface area contributed by atoms with Crippen molar-refractivity contribution in [3.05, 3.63) is 29.3 Å². The minimum absolute atomic E-state index is 0.179. The van der Waals surface area contributed by atoms with E-state index in [1.165, 1.54) is 17.4 Å². The Kier molecular flexibility index (Phi) is 2.68. The molecule has 1 aromatic rings. The Morgan fingerprint density at radius 3 is 2.93 bits per heavy atom. The summed E-state index contributed by atoms with van der Waals surface area (Å²) in [7, 11) is 0. The number of amides is 3. The van der Waals surface area contributed by atoms with Crippen LogP contribution >= 0.6 is 11.3 Å². The van der Waals surface area contributed by atoms with Gasteiger partial charge in [0, 0.05) is 11.8 Å². The minimum Gasteiger partial charge on any atom is -0.347 e. The van der Waals surface area contributed by atoms with E-state index in [-0.39, 0.29) is 11.9 Å². The van der Waals surface area contributed by atoms with Crippen LogP contribution in [-0.4, -0.2) is 18.5 Å². The third-order valence-electron chi connectivity index (χ3n) is 1.79. The van der Waals surface area contributed by atoms with Gasteiger partial charge in [0.25, 0.3) is 0 Å². The average Bonchev–Trinajstić information content (AvgIpc) is 2.77. The van der Waals surface area contributed by atoms with Gasteiger partial charge in [-0.3, -0.25) is 10.1 Å². The molecule has 5 nitrogen and oxygen atoms in total. The smallest absolute Gasteiger partial charge is 0.324 e. The fourth-order valence-electron chi connectivity index (χ4n) is 1.16. The van der Waals surface area contributed by atoms with Gasteiger partial charge in [0.15, 0.2) is 0 Å². The Morgan fingerprint density at radius 2 is 2.33 bits per heavy atom. The van der Waals surface area contributed by atoms with E-state index in [0.29, 0.717) is 12.2 Å². The van der Waals surface area contributed by atoms with E-state index in [2.05, 4.69) is 16.0 Å². The summed E-state index contributed by atoms with van der Waals surface area (Å²) >= 11 is 1.44. The number of anilines is 1. The van der Waals surface area contributed by atoms with Gasteiger partial charge in [0.05, 0.1) is 11.5 Å². The molecule has 2 rings (SSSR count). The molecule has 0 aliphatic carbocycles. The molecule has 0 aromatic carbocycles. The van der Waals surface area contributed by atoms with E-state index in [0.717, 1.165) is 5.00 Å². The summed E-state index contributed by atoms with van der Waals surface area (Å²) in [6, 6.07) is 3.32. The van der Waals surface area contributed by atoms with E-state index in [4.69, 9.17) is 0 Å². The zero-order valence-corrected chi connectivity index (χ0v) is 8.56. The molecule has 3 amide bonds. The van der Waals surface area contributed by atoms with Crippen molar-refractivity contribution < 1.29 is 9.59 Å². The van der Waals surface area contributed by atoms with Crippen molar-refractivity contribution in [3.8, 4) is 0 Å². The molecular weight excluding hydrogens is 214 g/mol. The second-order valence-corrected chi connectivity index (χ2v) is 3.89. The fourth-order valence-corrected chi connectivity index (χ4v) is 1.77. The monoisotopic (exact) mass is 223 g/mol. The number of hydrogen-bond donors (Lipinski definition) is 3. The second kappa shape index (κ2) is 4.14. The summed E-state index contributed by atoms with van der Waals surface area (Å²) < 4.78 is 0. The fraction of sp³-hybridized carbons (Fsp3) is 0.111. The van der Waals surface area contributed by atoms with Crippen LogP contribution in [0.25, 0.3) is 0 Å². The van der Waals surface area contributed by atoms with Crippen LogP contribution in [0.4, 0.5) is 9.80 Å². The predicted octanol–water partition coefficient (Wildman–Crippen LogP) is 0.883. The number of thiophene rings is 1. The molecule has 0 spiro atoms. The van der Waals surface area contributed by atoms with Gasteiger partial charge in [-0.2, -0.15) is 0 Å². The molecule has 0 fully saturated rings. The van der Waals surface area contributed by atoms with Crippen LogP contribution in [-0.2, 0) is 4.79 Å². The van der Waals surface area contributed by atoms with Crippen LogP contribution in [0.1, 0.15) is 0 Å². The van der Waals surface area contributed by atoms with Crippen molar-refractivity contribution in [2.45, 2.75) is 0 Å². The lowest BCUT2D eigenvalue weighted by atomic mass is 10.4. The molecule has 0 bridgehead atoms. The molecule has 1 aliphatic rings. The first-order valence-electron chi connectivity index (χ1n) is 4.34. The maximum atomic E-state index is 11.4. The van der Waals surface area contributed by atoms with Crippen LogP contribution in [0.15, 0.2) is 29.3 Å². The lowest BCUT2D eigenvalue weighted by molar-refractivity contribution is -0.115. The lowest BCUT2D eigenvalue weighted by Crippen LogP contribution is -2.29. The standard InChI is InChI=1S/C9H9N3O2S/c13-7-4-6(5-10-7)11-9(14)12-8-2-1-3-15-8/h1-4H,5H2,(H,10,13)(H2,11,12,14). The molecule has 0 saturated carbocycles. The third-order valence-corrected chi connectivity index (χ3v) is 2.58. The van der Waals surface area contributed by atoms with Gasteiger partial charge in [-0.1, -0.05) is 0 Å². The Morgan fingerprint density at radius 1 is 1.47 bits per heavy atom. The zero-order valence-electron chi connectivity index (χ0n) is 7.74. The Hall–Kier alpha value is -1.82. The van der Waals surface area contributed by atoms with Gasteiger partial charge in [0.1, 0.15) is 0 Å². The van der Waals surface area contributed by atoms with E-state index in [1.54, 1.807) is 6.07 Å². The summed E-state index contributed by atoms with van der Waals surface area (Å²) in [5.41, 5.74) is 0.578. The summed E-state index contributed by atoms with van der Waals surface area (Å²) in [4.78, 5) is 22.2. The van der Waals surface area contributed by atoms with Crippen molar-refractivity contribution in [1.82, 2.24) is 10.6 Å². The summed E-state index contributed by atoms with van der Waals surface area (Å²) in [5.74, 6) is -0.179. The maximum Gasteiger partial charge on any atom is 0.324 e. The van der Waals surface area contributed by atoms with Crippen LogP contribution < -0.4 is 16.0 Å². The SMILES string of the molecule is O=C1C=C(NC(=O)Nc2cccs2)CN1. The van der Waals surface area contributed by atoms with Gasteiger partial charge in [-0.05, 0) is 17.5 Å². The van der Waals surface area contributed by atoms with E-state index >= 15 is 0 Å². The molecule has 2 heterocycles. The summed E-state index contributed by atoms with van der Waals surface area (Å²) in [6.07, 6.45) is 1.37. The van der Waals surface area contributed by atoms with Gasteiger partial charge in [0.2, 0.25) is 5.91 Å². The lowest BCUT2D eigenvalue weighted by Gasteiger charge is -2.05. The van der Waals surface area contributed by atoms with Crippen molar-refractivity contribution in [2.75, 3.05) is 11.9 Å². The molecule has 1 aromatic heterocycles. The number of rotatable bonds is 2. The highest BCUT2D eigenvalue weighted by molar-refractivity contribution is 7.14. The Labute approximate surface area is 90.2 Å². The first-order chi connectivity index (χ1) is 7.24. The van der Waals surface area contributed by atoms with Crippen LogP contribution in [0.5, 0.6) is 0 Å². The van der Waals surface area contributed by atoms with Crippen LogP contribution in [0.2, 0.25) is 0 Å². The van der Waals surface area contributed by atoms with Gasteiger partial charge >= 0.3 is 6.03 Å². The molecule has 78 valence electrons. The summed E-state index contributed by atoms with van der Waals surface area (Å²) in [5, 5.41) is 10.4. The number of carbonyl (C=O) groups excluding carboxylic acids is 2. The topological polar surface area (TPSA) is 70.2 Å². The van der Waals surface area contributed by atoms with Crippen LogP contribution in [0, 0.1) is 0 Å². The molecular formula is C9H9N3O2S. The zero-order chi connectivity index (χ0) is 10.7. The van der Waals surface area contributed by atoms with Gasteiger partial charge < -0.3 is 10.6 Å². The van der Waals surface area contributed by atoms with Crippen molar-refractivity contribution in [3.63, 3.8) is 0 Å². The quantitative estimate of drug-likeness (QED) is 0.696. The number of nitrogens with one attached hydrogen (secondary N) is 3. The van der Waals surface area contributed by atoms with Gasteiger partial charge in [-0.25, -0.2) is 4.79 Å². The predicted molar refractivity (Wildman–Crippen MR) is 57.6 cm³/mol. The molecule has 1 aliphatic heterocycles. The first kappa shape index (κ1) is 9.72. The van der Waals surface area contributed by atoms with E-state index < -0.39 is 0 Å². The third kappa shape index (κ3) is 2.57. The highest BCUT2D eigenvalue weighted by Crippen LogP contribution is 2.14. The van der Waals surface area contributed by atoms with E-state index in [1.807, 2.05) is 11.4 Å². The molecule has 0 atom stereocenters. The molecule has 3 N–H and O–H groups in total. The number of hydrogen-bond acceptors (Lipinski definition) is 3. The number of carbonyl (C=O) groups is 2. The normalized spacial score (nSPS) is 14.4. The Bertz CT molecular complexity index is 411. The minimum atomic E-state index is -0.333. The van der Waals surface area contributed by atoms with Crippen molar-refractivity contribution >= 4 is 28.3 Å². The van der Waals surface area contributed by atoms with E-state index in [9.17, 15) is 9.59 Å². The molecule has 6 heteroatoms. The Balaban J connectivity index is 1.88. The molecule has 15 heavy (non-hydrogen) atoms. The van der Waals surface area contributed by atoms with Crippen molar-refractivity contribution in [1.29, 1.82) is 0 Å². The molecule has 0 radical (unpaired) electrons. The number of urea groups is 1.